The van der Waals surface area contributed by atoms with Gasteiger partial charge in [-0.15, -0.1) is 0 Å². The van der Waals surface area contributed by atoms with E-state index in [1.807, 2.05) is 24.3 Å². The summed E-state index contributed by atoms with van der Waals surface area (Å²) in [5.74, 6) is 0.812. The van der Waals surface area contributed by atoms with Crippen molar-refractivity contribution in [1.82, 2.24) is 10.2 Å². The van der Waals surface area contributed by atoms with E-state index in [0.29, 0.717) is 32.5 Å². The summed E-state index contributed by atoms with van der Waals surface area (Å²) in [7, 11) is -1.38. The predicted octanol–water partition coefficient (Wildman–Crippen LogP) is 1.46. The van der Waals surface area contributed by atoms with Crippen molar-refractivity contribution < 1.29 is 17.9 Å². The zero-order chi connectivity index (χ0) is 16.9. The van der Waals surface area contributed by atoms with Gasteiger partial charge in [-0.2, -0.15) is 0 Å². The van der Waals surface area contributed by atoms with Gasteiger partial charge in [0.2, 0.25) is 0 Å². The first-order valence-corrected chi connectivity index (χ1v) is 9.70. The normalized spacial score (nSPS) is 16.2. The van der Waals surface area contributed by atoms with Crippen LogP contribution in [0, 0.1) is 0 Å². The van der Waals surface area contributed by atoms with Gasteiger partial charge in [-0.3, -0.25) is 0 Å². The van der Waals surface area contributed by atoms with E-state index in [1.165, 1.54) is 6.26 Å². The number of sulfone groups is 1. The van der Waals surface area contributed by atoms with Gasteiger partial charge >= 0.3 is 6.03 Å². The highest BCUT2D eigenvalue weighted by atomic mass is 32.2. The Kier molecular flexibility index (Phi) is 5.87. The number of urea groups is 1. The van der Waals surface area contributed by atoms with Crippen molar-refractivity contribution in [3.05, 3.63) is 29.8 Å². The molecule has 2 amide bonds. The molecular weight excluding hydrogens is 316 g/mol. The largest absolute Gasteiger partial charge is 0.497 e. The molecule has 1 N–H and O–H groups in total. The van der Waals surface area contributed by atoms with Crippen molar-refractivity contribution in [2.45, 2.75) is 24.5 Å². The molecule has 0 saturated carbocycles. The number of carbonyl (C=O) groups excluding carboxylic acids is 1. The smallest absolute Gasteiger partial charge is 0.317 e. The van der Waals surface area contributed by atoms with E-state index in [1.54, 1.807) is 12.0 Å². The fourth-order valence-electron chi connectivity index (χ4n) is 2.70. The van der Waals surface area contributed by atoms with E-state index in [4.69, 9.17) is 4.74 Å². The lowest BCUT2D eigenvalue weighted by atomic mass is 10.1. The highest BCUT2D eigenvalue weighted by Crippen LogP contribution is 2.17. The van der Waals surface area contributed by atoms with E-state index in [-0.39, 0.29) is 11.3 Å². The summed E-state index contributed by atoms with van der Waals surface area (Å²) in [5.41, 5.74) is 1.13. The molecule has 0 atom stereocenters. The second-order valence-electron chi connectivity index (χ2n) is 5.85. The lowest BCUT2D eigenvalue weighted by Gasteiger charge is -2.31. The highest BCUT2D eigenvalue weighted by Gasteiger charge is 2.28. The van der Waals surface area contributed by atoms with E-state index in [2.05, 4.69) is 5.32 Å². The van der Waals surface area contributed by atoms with Crippen LogP contribution in [0.4, 0.5) is 4.79 Å². The highest BCUT2D eigenvalue weighted by molar-refractivity contribution is 7.91. The number of methoxy groups -OCH3 is 1. The number of likely N-dealkylation sites (tertiary alicyclic amines) is 1. The zero-order valence-electron chi connectivity index (χ0n) is 13.6. The first kappa shape index (κ1) is 17.6. The molecule has 6 nitrogen and oxygen atoms in total. The van der Waals surface area contributed by atoms with Crippen LogP contribution < -0.4 is 10.1 Å². The number of rotatable bonds is 5. The third-order valence-electron chi connectivity index (χ3n) is 4.18. The Morgan fingerprint density at radius 3 is 2.39 bits per heavy atom. The van der Waals surface area contributed by atoms with Gasteiger partial charge < -0.3 is 15.0 Å². The maximum absolute atomic E-state index is 12.1. The Balaban J connectivity index is 1.73. The van der Waals surface area contributed by atoms with Gasteiger partial charge in [0, 0.05) is 25.9 Å². The lowest BCUT2D eigenvalue weighted by molar-refractivity contribution is 0.187. The Morgan fingerprint density at radius 1 is 1.26 bits per heavy atom. The third-order valence-corrected chi connectivity index (χ3v) is 5.87. The predicted molar refractivity (Wildman–Crippen MR) is 89.5 cm³/mol. The molecule has 1 aromatic rings. The zero-order valence-corrected chi connectivity index (χ0v) is 14.4. The first-order chi connectivity index (χ1) is 10.9. The minimum Gasteiger partial charge on any atom is -0.497 e. The number of nitrogens with one attached hydrogen (secondary N) is 1. The maximum Gasteiger partial charge on any atom is 0.317 e. The molecule has 0 aromatic heterocycles. The molecule has 128 valence electrons. The third kappa shape index (κ3) is 5.13. The van der Waals surface area contributed by atoms with Crippen molar-refractivity contribution in [1.29, 1.82) is 0 Å². The van der Waals surface area contributed by atoms with Crippen molar-refractivity contribution in [2.75, 3.05) is 33.0 Å². The molecule has 0 bridgehead atoms. The summed E-state index contributed by atoms with van der Waals surface area (Å²) < 4.78 is 28.1. The van der Waals surface area contributed by atoms with Crippen molar-refractivity contribution in [3.8, 4) is 5.75 Å². The number of piperidine rings is 1. The SMILES string of the molecule is COc1ccc(CCNC(=O)N2CCC(S(C)(=O)=O)CC2)cc1. The summed E-state index contributed by atoms with van der Waals surface area (Å²) in [5, 5.41) is 2.58. The van der Waals surface area contributed by atoms with Crippen LogP contribution in [0.15, 0.2) is 24.3 Å². The molecule has 1 heterocycles. The minimum absolute atomic E-state index is 0.120. The molecule has 1 aliphatic heterocycles. The molecule has 1 fully saturated rings. The molecule has 2 rings (SSSR count). The Hall–Kier alpha value is -1.76. The van der Waals surface area contributed by atoms with Gasteiger partial charge in [-0.1, -0.05) is 12.1 Å². The molecule has 23 heavy (non-hydrogen) atoms. The fraction of sp³-hybridized carbons (Fsp3) is 0.562. The molecule has 1 saturated heterocycles. The standard InChI is InChI=1S/C16H24N2O4S/c1-22-14-5-3-13(4-6-14)7-10-17-16(19)18-11-8-15(9-12-18)23(2,20)21/h3-6,15H,7-12H2,1-2H3,(H,17,19). The molecule has 7 heteroatoms. The van der Waals surface area contributed by atoms with Crippen LogP contribution in [0.3, 0.4) is 0 Å². The van der Waals surface area contributed by atoms with Crippen LogP contribution in [0.1, 0.15) is 18.4 Å². The Labute approximate surface area is 137 Å². The second-order valence-corrected chi connectivity index (χ2v) is 8.17. The van der Waals surface area contributed by atoms with Crippen LogP contribution in [0.5, 0.6) is 5.75 Å². The first-order valence-electron chi connectivity index (χ1n) is 7.74. The summed E-state index contributed by atoms with van der Waals surface area (Å²) in [4.78, 5) is 13.8. The van der Waals surface area contributed by atoms with E-state index in [0.717, 1.165) is 17.7 Å². The van der Waals surface area contributed by atoms with Crippen molar-refractivity contribution in [3.63, 3.8) is 0 Å². The van der Waals surface area contributed by atoms with Crippen LogP contribution in [-0.2, 0) is 16.3 Å². The molecule has 0 radical (unpaired) electrons. The Bertz CT molecular complexity index is 620. The number of ether oxygens (including phenoxy) is 1. The number of carbonyl (C=O) groups is 1. The van der Waals surface area contributed by atoms with Crippen LogP contribution >= 0.6 is 0 Å². The van der Waals surface area contributed by atoms with Crippen LogP contribution in [0.2, 0.25) is 0 Å². The molecule has 1 aromatic carbocycles. The topological polar surface area (TPSA) is 75.7 Å². The summed E-state index contributed by atoms with van der Waals surface area (Å²) in [6.45, 7) is 1.54. The van der Waals surface area contributed by atoms with Gasteiger partial charge in [0.15, 0.2) is 0 Å². The van der Waals surface area contributed by atoms with Crippen LogP contribution in [0.25, 0.3) is 0 Å². The van der Waals surface area contributed by atoms with Gasteiger partial charge in [-0.25, -0.2) is 13.2 Å². The molecular formula is C16H24N2O4S. The quantitative estimate of drug-likeness (QED) is 0.880. The lowest BCUT2D eigenvalue weighted by Crippen LogP contribution is -2.47. The fourth-order valence-corrected chi connectivity index (χ4v) is 3.77. The van der Waals surface area contributed by atoms with Gasteiger partial charge in [0.05, 0.1) is 12.4 Å². The summed E-state index contributed by atoms with van der Waals surface area (Å²) in [6.07, 6.45) is 3.05. The molecule has 0 aliphatic carbocycles. The van der Waals surface area contributed by atoms with E-state index in [9.17, 15) is 13.2 Å². The van der Waals surface area contributed by atoms with Gasteiger partial charge in [0.1, 0.15) is 15.6 Å². The Morgan fingerprint density at radius 2 is 1.87 bits per heavy atom. The van der Waals surface area contributed by atoms with Crippen LogP contribution in [-0.4, -0.2) is 57.6 Å². The molecule has 0 spiro atoms. The van der Waals surface area contributed by atoms with Crippen molar-refractivity contribution >= 4 is 15.9 Å². The average Bonchev–Trinajstić information content (AvgIpc) is 2.54. The minimum atomic E-state index is -3.00. The van der Waals surface area contributed by atoms with Crippen molar-refractivity contribution in [2.24, 2.45) is 0 Å². The number of nitrogens with zero attached hydrogens (tertiary/aromatic N) is 1. The van der Waals surface area contributed by atoms with Gasteiger partial charge in [-0.05, 0) is 37.0 Å². The number of amides is 2. The monoisotopic (exact) mass is 340 g/mol. The number of benzene rings is 1. The average molecular weight is 340 g/mol. The summed E-state index contributed by atoms with van der Waals surface area (Å²) in [6, 6.07) is 7.62. The molecule has 0 unspecified atom stereocenters. The van der Waals surface area contributed by atoms with E-state index >= 15 is 0 Å². The van der Waals surface area contributed by atoms with Gasteiger partial charge in [0.25, 0.3) is 0 Å². The molecule has 1 aliphatic rings. The number of hydrogen-bond donors (Lipinski definition) is 1. The van der Waals surface area contributed by atoms with E-state index < -0.39 is 9.84 Å². The maximum atomic E-state index is 12.1. The number of hydrogen-bond acceptors (Lipinski definition) is 4. The second kappa shape index (κ2) is 7.68. The summed E-state index contributed by atoms with van der Waals surface area (Å²) >= 11 is 0.